The molecule has 7 rings (SSSR count). The summed E-state index contributed by atoms with van der Waals surface area (Å²) >= 11 is 0. The highest BCUT2D eigenvalue weighted by Crippen LogP contribution is 2.43. The summed E-state index contributed by atoms with van der Waals surface area (Å²) in [6.07, 6.45) is -4.58. The van der Waals surface area contributed by atoms with Crippen molar-refractivity contribution in [2.24, 2.45) is 11.8 Å². The lowest BCUT2D eigenvalue weighted by molar-refractivity contribution is -0.143. The molecule has 1 aromatic heterocycles. The molecule has 2 bridgehead atoms. The van der Waals surface area contributed by atoms with Gasteiger partial charge >= 0.3 is 12.4 Å². The third-order valence-corrected chi connectivity index (χ3v) is 8.88. The van der Waals surface area contributed by atoms with Crippen molar-refractivity contribution in [1.82, 2.24) is 9.88 Å². The Kier molecular flexibility index (Phi) is 7.51. The molecular formula is C32H28F6N4O2. The SMILES string of the molecule is C=CC1CN2CCC1C[C@@H]2[C@H](Nc1c(NCc2cc(C(F)(F)F)cc(C(F)(F)F)c2)c(=O)c1=O)c1ccnc2ccccc12. The smallest absolute Gasteiger partial charge is 0.376 e. The largest absolute Gasteiger partial charge is 0.416 e. The Hall–Kier alpha value is -4.19. The fraction of sp³-hybridized carbons (Fsp3) is 0.344. The molecule has 3 saturated heterocycles. The van der Waals surface area contributed by atoms with Gasteiger partial charge in [0.25, 0.3) is 10.9 Å². The molecule has 0 amide bonds. The highest BCUT2D eigenvalue weighted by atomic mass is 19.4. The van der Waals surface area contributed by atoms with Crippen LogP contribution in [0.4, 0.5) is 37.7 Å². The number of hydrogen-bond acceptors (Lipinski definition) is 6. The maximum Gasteiger partial charge on any atom is 0.416 e. The zero-order valence-electron chi connectivity index (χ0n) is 23.3. The minimum atomic E-state index is -5.01. The maximum atomic E-state index is 13.4. The number of fused-ring (bicyclic) bond motifs is 4. The number of alkyl halides is 6. The summed E-state index contributed by atoms with van der Waals surface area (Å²) in [5.41, 5.74) is -3.60. The lowest BCUT2D eigenvalue weighted by atomic mass is 9.73. The molecule has 4 aromatic rings. The molecule has 0 aliphatic carbocycles. The fourth-order valence-corrected chi connectivity index (χ4v) is 6.66. The predicted octanol–water partition coefficient (Wildman–Crippen LogP) is 6.53. The quantitative estimate of drug-likeness (QED) is 0.134. The monoisotopic (exact) mass is 614 g/mol. The Morgan fingerprint density at radius 3 is 2.30 bits per heavy atom. The molecule has 3 aromatic carbocycles. The van der Waals surface area contributed by atoms with E-state index in [4.69, 9.17) is 0 Å². The Bertz CT molecular complexity index is 1760. The average Bonchev–Trinajstić information content (AvgIpc) is 3.01. The summed E-state index contributed by atoms with van der Waals surface area (Å²) in [5, 5.41) is 6.78. The molecule has 6 nitrogen and oxygen atoms in total. The second-order valence-corrected chi connectivity index (χ2v) is 11.5. The standard InChI is InChI=1S/C32H28F6N4O2/c1-2-18-16-42-10-8-19(18)13-25(42)26(23-7-9-39-24-6-4-3-5-22(23)24)41-28-27(29(43)30(28)44)40-15-17-11-20(31(33,34)35)14-21(12-17)32(36,37)38/h2-7,9,11-12,14,18-19,25-26,40-41H,1,8,10,13,15-16H2/t18?,19?,25-,26-/m1/s1. The van der Waals surface area contributed by atoms with E-state index in [1.54, 1.807) is 6.20 Å². The minimum absolute atomic E-state index is 0.0432. The molecule has 2 N–H and O–H groups in total. The van der Waals surface area contributed by atoms with Gasteiger partial charge in [0.2, 0.25) is 0 Å². The molecule has 0 saturated carbocycles. The van der Waals surface area contributed by atoms with E-state index >= 15 is 0 Å². The fourth-order valence-electron chi connectivity index (χ4n) is 6.66. The van der Waals surface area contributed by atoms with Crippen LogP contribution in [0.5, 0.6) is 0 Å². The zero-order chi connectivity index (χ0) is 31.4. The van der Waals surface area contributed by atoms with Gasteiger partial charge in [0.05, 0.1) is 22.7 Å². The van der Waals surface area contributed by atoms with Crippen molar-refractivity contribution >= 4 is 22.3 Å². The van der Waals surface area contributed by atoms with E-state index in [9.17, 15) is 35.9 Å². The zero-order valence-corrected chi connectivity index (χ0v) is 23.3. The van der Waals surface area contributed by atoms with Gasteiger partial charge in [0.15, 0.2) is 0 Å². The van der Waals surface area contributed by atoms with Gasteiger partial charge in [-0.2, -0.15) is 26.3 Å². The molecule has 5 atom stereocenters. The topological polar surface area (TPSA) is 74.3 Å². The van der Waals surface area contributed by atoms with Gasteiger partial charge in [-0.05, 0) is 72.7 Å². The number of halogens is 6. The van der Waals surface area contributed by atoms with Crippen LogP contribution in [-0.4, -0.2) is 29.0 Å². The van der Waals surface area contributed by atoms with E-state index in [0.29, 0.717) is 24.0 Å². The lowest BCUT2D eigenvalue weighted by Crippen LogP contribution is -2.56. The summed E-state index contributed by atoms with van der Waals surface area (Å²) in [4.78, 5) is 32.3. The van der Waals surface area contributed by atoms with Crippen molar-refractivity contribution in [3.63, 3.8) is 0 Å². The second-order valence-electron chi connectivity index (χ2n) is 11.5. The average molecular weight is 615 g/mol. The van der Waals surface area contributed by atoms with Crippen LogP contribution in [0.15, 0.2) is 77.0 Å². The van der Waals surface area contributed by atoms with E-state index in [0.717, 1.165) is 42.4 Å². The summed E-state index contributed by atoms with van der Waals surface area (Å²) in [6.45, 7) is 5.08. The first-order valence-corrected chi connectivity index (χ1v) is 14.2. The molecule has 0 radical (unpaired) electrons. The van der Waals surface area contributed by atoms with Gasteiger partial charge < -0.3 is 10.6 Å². The van der Waals surface area contributed by atoms with E-state index in [1.165, 1.54) is 0 Å². The number of benzene rings is 2. The number of hydrogen-bond donors (Lipinski definition) is 2. The van der Waals surface area contributed by atoms with Crippen LogP contribution in [0.2, 0.25) is 0 Å². The number of rotatable bonds is 8. The Labute approximate surface area is 248 Å². The van der Waals surface area contributed by atoms with Crippen LogP contribution < -0.4 is 21.5 Å². The van der Waals surface area contributed by atoms with Gasteiger partial charge in [-0.3, -0.25) is 19.5 Å². The van der Waals surface area contributed by atoms with Gasteiger partial charge in [0.1, 0.15) is 11.4 Å². The van der Waals surface area contributed by atoms with Crippen molar-refractivity contribution in [2.45, 2.75) is 43.8 Å². The van der Waals surface area contributed by atoms with Gasteiger partial charge in [-0.1, -0.05) is 24.3 Å². The highest BCUT2D eigenvalue weighted by Gasteiger charge is 2.44. The molecule has 3 unspecified atom stereocenters. The minimum Gasteiger partial charge on any atom is -0.376 e. The Morgan fingerprint density at radius 1 is 0.977 bits per heavy atom. The first kappa shape index (κ1) is 29.9. The molecule has 0 spiro atoms. The highest BCUT2D eigenvalue weighted by molar-refractivity contribution is 5.83. The van der Waals surface area contributed by atoms with Crippen LogP contribution >= 0.6 is 0 Å². The molecule has 3 aliphatic heterocycles. The maximum absolute atomic E-state index is 13.4. The molecule has 4 heterocycles. The second kappa shape index (κ2) is 11.1. The number of piperidine rings is 3. The summed E-state index contributed by atoms with van der Waals surface area (Å²) in [6, 6.07) is 10.1. The van der Waals surface area contributed by atoms with E-state index in [2.05, 4.69) is 27.1 Å². The Morgan fingerprint density at radius 2 is 1.66 bits per heavy atom. The van der Waals surface area contributed by atoms with Crippen molar-refractivity contribution in [1.29, 1.82) is 0 Å². The van der Waals surface area contributed by atoms with Crippen molar-refractivity contribution in [3.8, 4) is 0 Å². The number of nitrogens with one attached hydrogen (secondary N) is 2. The number of nitrogens with zero attached hydrogens (tertiary/aromatic N) is 2. The number of anilines is 2. The van der Waals surface area contributed by atoms with E-state index in [1.807, 2.05) is 36.4 Å². The first-order chi connectivity index (χ1) is 20.8. The van der Waals surface area contributed by atoms with Crippen LogP contribution in [0.25, 0.3) is 10.9 Å². The third-order valence-electron chi connectivity index (χ3n) is 8.88. The lowest BCUT2D eigenvalue weighted by Gasteiger charge is -2.52. The number of aromatic nitrogens is 1. The van der Waals surface area contributed by atoms with Crippen LogP contribution in [0.3, 0.4) is 0 Å². The van der Waals surface area contributed by atoms with E-state index < -0.39 is 46.9 Å². The summed E-state index contributed by atoms with van der Waals surface area (Å²) < 4.78 is 80.2. The van der Waals surface area contributed by atoms with E-state index in [-0.39, 0.29) is 29.0 Å². The number of para-hydroxylation sites is 1. The first-order valence-electron chi connectivity index (χ1n) is 14.2. The Balaban J connectivity index is 1.34. The van der Waals surface area contributed by atoms with Crippen molar-refractivity contribution in [3.05, 3.63) is 110 Å². The number of pyridine rings is 1. The van der Waals surface area contributed by atoms with Crippen LogP contribution in [-0.2, 0) is 18.9 Å². The van der Waals surface area contributed by atoms with Gasteiger partial charge in [0, 0.05) is 30.7 Å². The summed E-state index contributed by atoms with van der Waals surface area (Å²) in [5.74, 6) is 0.709. The third kappa shape index (κ3) is 5.47. The van der Waals surface area contributed by atoms with Crippen LogP contribution in [0.1, 0.15) is 41.1 Å². The normalized spacial score (nSPS) is 22.7. The molecule has 3 fully saturated rings. The molecule has 44 heavy (non-hydrogen) atoms. The molecular weight excluding hydrogens is 586 g/mol. The molecule has 230 valence electrons. The molecule has 3 aliphatic rings. The summed E-state index contributed by atoms with van der Waals surface area (Å²) in [7, 11) is 0. The van der Waals surface area contributed by atoms with Crippen molar-refractivity contribution in [2.75, 3.05) is 23.7 Å². The van der Waals surface area contributed by atoms with Crippen molar-refractivity contribution < 1.29 is 26.3 Å². The van der Waals surface area contributed by atoms with Gasteiger partial charge in [-0.25, -0.2) is 0 Å². The predicted molar refractivity (Wildman–Crippen MR) is 155 cm³/mol. The molecule has 12 heteroatoms. The van der Waals surface area contributed by atoms with Gasteiger partial charge in [-0.15, -0.1) is 6.58 Å². The van der Waals surface area contributed by atoms with Crippen LogP contribution in [0, 0.1) is 11.8 Å².